The molecule has 2 fully saturated rings. The largest absolute Gasteiger partial charge is 0.339 e. The van der Waals surface area contributed by atoms with Crippen LogP contribution < -0.4 is 5.32 Å². The number of benzene rings is 1. The van der Waals surface area contributed by atoms with Crippen LogP contribution in [0.3, 0.4) is 0 Å². The normalized spacial score (nSPS) is 16.9. The first kappa shape index (κ1) is 18.8. The van der Waals surface area contributed by atoms with Crippen molar-refractivity contribution in [3.05, 3.63) is 46.5 Å². The maximum absolute atomic E-state index is 13.3. The number of nitrogens with zero attached hydrogens (tertiary/aromatic N) is 3. The van der Waals surface area contributed by atoms with Gasteiger partial charge in [-0.15, -0.1) is 11.3 Å². The van der Waals surface area contributed by atoms with Crippen LogP contribution in [0.2, 0.25) is 0 Å². The first-order valence-corrected chi connectivity index (χ1v) is 10.0. The average molecular weight is 406 g/mol. The summed E-state index contributed by atoms with van der Waals surface area (Å²) < 4.78 is 26.3. The van der Waals surface area contributed by atoms with Crippen molar-refractivity contribution < 1.29 is 18.4 Å². The third-order valence-corrected chi connectivity index (χ3v) is 5.85. The number of carbonyl (C=O) groups is 2. The van der Waals surface area contributed by atoms with Gasteiger partial charge in [-0.2, -0.15) is 0 Å². The van der Waals surface area contributed by atoms with Crippen LogP contribution in [0.5, 0.6) is 0 Å². The number of carbonyl (C=O) groups excluding carboxylic acids is 2. The zero-order valence-electron chi connectivity index (χ0n) is 15.2. The summed E-state index contributed by atoms with van der Waals surface area (Å²) in [5.41, 5.74) is 0.636. The molecule has 0 atom stereocenters. The molecule has 3 amide bonds. The van der Waals surface area contributed by atoms with Gasteiger partial charge in [0.25, 0.3) is 0 Å². The molecule has 148 valence electrons. The summed E-state index contributed by atoms with van der Waals surface area (Å²) in [6.07, 6.45) is 3.99. The van der Waals surface area contributed by atoms with Crippen molar-refractivity contribution in [2.24, 2.45) is 5.92 Å². The lowest BCUT2D eigenvalue weighted by atomic mass is 10.1. The SMILES string of the molecule is O=C(Nc1ncc(Cc2ccc(F)c(F)c2)s1)N1CCN(C(=O)C2CC2)CC1. The lowest BCUT2D eigenvalue weighted by Gasteiger charge is -2.34. The first-order valence-electron chi connectivity index (χ1n) is 9.23. The second-order valence-corrected chi connectivity index (χ2v) is 8.19. The summed E-state index contributed by atoms with van der Waals surface area (Å²) in [5.74, 6) is -1.35. The minimum absolute atomic E-state index is 0.198. The lowest BCUT2D eigenvalue weighted by Crippen LogP contribution is -2.52. The molecule has 1 N–H and O–H groups in total. The predicted octanol–water partition coefficient (Wildman–Crippen LogP) is 3.10. The van der Waals surface area contributed by atoms with E-state index in [1.807, 2.05) is 4.90 Å². The van der Waals surface area contributed by atoms with Crippen LogP contribution in [-0.2, 0) is 11.2 Å². The fourth-order valence-electron chi connectivity index (χ4n) is 3.19. The zero-order valence-corrected chi connectivity index (χ0v) is 16.0. The zero-order chi connectivity index (χ0) is 19.7. The van der Waals surface area contributed by atoms with Gasteiger partial charge in [0.05, 0.1) is 0 Å². The van der Waals surface area contributed by atoms with Gasteiger partial charge in [0.1, 0.15) is 0 Å². The van der Waals surface area contributed by atoms with Crippen molar-refractivity contribution in [1.82, 2.24) is 14.8 Å². The molecular formula is C19H20F2N4O2S. The van der Waals surface area contributed by atoms with E-state index < -0.39 is 11.6 Å². The molecule has 1 aliphatic carbocycles. The first-order chi connectivity index (χ1) is 13.5. The molecule has 1 saturated carbocycles. The fourth-order valence-corrected chi connectivity index (χ4v) is 4.02. The highest BCUT2D eigenvalue weighted by atomic mass is 32.1. The van der Waals surface area contributed by atoms with Crippen molar-refractivity contribution in [3.8, 4) is 0 Å². The Bertz CT molecular complexity index is 892. The number of halogens is 2. The van der Waals surface area contributed by atoms with E-state index in [4.69, 9.17) is 0 Å². The number of urea groups is 1. The monoisotopic (exact) mass is 406 g/mol. The van der Waals surface area contributed by atoms with Crippen LogP contribution in [-0.4, -0.2) is 52.9 Å². The summed E-state index contributed by atoms with van der Waals surface area (Å²) >= 11 is 1.30. The molecule has 6 nitrogen and oxygen atoms in total. The summed E-state index contributed by atoms with van der Waals surface area (Å²) in [6, 6.07) is 3.54. The smallest absolute Gasteiger partial charge is 0.323 e. The molecule has 2 aliphatic rings. The van der Waals surface area contributed by atoms with E-state index >= 15 is 0 Å². The summed E-state index contributed by atoms with van der Waals surface area (Å²) in [6.45, 7) is 2.11. The number of hydrogen-bond donors (Lipinski definition) is 1. The van der Waals surface area contributed by atoms with Crippen molar-refractivity contribution in [3.63, 3.8) is 0 Å². The second-order valence-electron chi connectivity index (χ2n) is 7.07. The van der Waals surface area contributed by atoms with Gasteiger partial charge in [-0.1, -0.05) is 6.07 Å². The third-order valence-electron chi connectivity index (χ3n) is 4.93. The number of amides is 3. The number of rotatable bonds is 4. The molecule has 0 bridgehead atoms. The number of nitrogens with one attached hydrogen (secondary N) is 1. The molecule has 2 heterocycles. The van der Waals surface area contributed by atoms with Gasteiger partial charge in [0, 0.05) is 49.6 Å². The number of hydrogen-bond acceptors (Lipinski definition) is 4. The van der Waals surface area contributed by atoms with Crippen LogP contribution in [0.1, 0.15) is 23.3 Å². The topological polar surface area (TPSA) is 65.5 Å². The van der Waals surface area contributed by atoms with Gasteiger partial charge < -0.3 is 9.80 Å². The van der Waals surface area contributed by atoms with Crippen LogP contribution in [0.4, 0.5) is 18.7 Å². The number of anilines is 1. The number of aromatic nitrogens is 1. The molecule has 28 heavy (non-hydrogen) atoms. The van der Waals surface area contributed by atoms with Gasteiger partial charge in [-0.25, -0.2) is 18.6 Å². The van der Waals surface area contributed by atoms with Crippen molar-refractivity contribution in [1.29, 1.82) is 0 Å². The van der Waals surface area contributed by atoms with Gasteiger partial charge in [0.2, 0.25) is 5.91 Å². The quantitative estimate of drug-likeness (QED) is 0.849. The molecule has 1 aromatic carbocycles. The Labute approximate surface area is 165 Å². The van der Waals surface area contributed by atoms with Gasteiger partial charge in [-0.3, -0.25) is 10.1 Å². The van der Waals surface area contributed by atoms with E-state index in [1.165, 1.54) is 17.4 Å². The molecule has 0 spiro atoms. The van der Waals surface area contributed by atoms with Crippen molar-refractivity contribution in [2.75, 3.05) is 31.5 Å². The van der Waals surface area contributed by atoms with Gasteiger partial charge >= 0.3 is 6.03 Å². The van der Waals surface area contributed by atoms with E-state index in [9.17, 15) is 18.4 Å². The molecule has 1 saturated heterocycles. The molecule has 1 aromatic heterocycles. The van der Waals surface area contributed by atoms with E-state index in [-0.39, 0.29) is 17.9 Å². The Morgan fingerprint density at radius 3 is 2.50 bits per heavy atom. The molecule has 2 aromatic rings. The minimum atomic E-state index is -0.880. The fraction of sp³-hybridized carbons (Fsp3) is 0.421. The Morgan fingerprint density at radius 1 is 1.11 bits per heavy atom. The second kappa shape index (κ2) is 7.83. The van der Waals surface area contributed by atoms with Crippen molar-refractivity contribution in [2.45, 2.75) is 19.3 Å². The summed E-state index contributed by atoms with van der Waals surface area (Å²) in [5, 5.41) is 3.23. The molecule has 4 rings (SSSR count). The van der Waals surface area contributed by atoms with Crippen LogP contribution >= 0.6 is 11.3 Å². The molecule has 9 heteroatoms. The van der Waals surface area contributed by atoms with Crippen LogP contribution in [0, 0.1) is 17.6 Å². The third kappa shape index (κ3) is 4.30. The van der Waals surface area contributed by atoms with E-state index in [1.54, 1.807) is 11.1 Å². The Balaban J connectivity index is 1.29. The van der Waals surface area contributed by atoms with Crippen LogP contribution in [0.25, 0.3) is 0 Å². The molecule has 0 unspecified atom stereocenters. The van der Waals surface area contributed by atoms with E-state index in [0.29, 0.717) is 43.3 Å². The van der Waals surface area contributed by atoms with Gasteiger partial charge in [0.15, 0.2) is 16.8 Å². The maximum atomic E-state index is 13.3. The number of thiazole rings is 1. The Kier molecular flexibility index (Phi) is 5.25. The highest BCUT2D eigenvalue weighted by Gasteiger charge is 2.35. The minimum Gasteiger partial charge on any atom is -0.339 e. The Morgan fingerprint density at radius 2 is 1.82 bits per heavy atom. The molecule has 1 aliphatic heterocycles. The predicted molar refractivity (Wildman–Crippen MR) is 101 cm³/mol. The standard InChI is InChI=1S/C19H20F2N4O2S/c20-15-4-1-12(10-16(15)21)9-14-11-22-18(28-14)23-19(27)25-7-5-24(6-8-25)17(26)13-2-3-13/h1,4,10-11,13H,2-3,5-9H2,(H,22,23,27). The van der Waals surface area contributed by atoms with Crippen molar-refractivity contribution >= 4 is 28.4 Å². The maximum Gasteiger partial charge on any atom is 0.323 e. The summed E-state index contributed by atoms with van der Waals surface area (Å²) in [4.78, 5) is 33.0. The highest BCUT2D eigenvalue weighted by molar-refractivity contribution is 7.15. The highest BCUT2D eigenvalue weighted by Crippen LogP contribution is 2.31. The summed E-state index contributed by atoms with van der Waals surface area (Å²) in [7, 11) is 0. The van der Waals surface area contributed by atoms with E-state index in [0.717, 1.165) is 29.9 Å². The van der Waals surface area contributed by atoms with Crippen LogP contribution in [0.15, 0.2) is 24.4 Å². The van der Waals surface area contributed by atoms with E-state index in [2.05, 4.69) is 10.3 Å². The van der Waals surface area contributed by atoms with Gasteiger partial charge in [-0.05, 0) is 30.5 Å². The number of piperazine rings is 1. The lowest BCUT2D eigenvalue weighted by molar-refractivity contribution is -0.133. The average Bonchev–Trinajstić information content (AvgIpc) is 3.45. The molecule has 0 radical (unpaired) electrons. The molecular weight excluding hydrogens is 386 g/mol. The Hall–Kier alpha value is -2.55.